The number of likely N-dealkylation sites (tertiary alicyclic amines) is 1. The van der Waals surface area contributed by atoms with Gasteiger partial charge in [-0.2, -0.15) is 0 Å². The number of hydrogen-bond donors (Lipinski definition) is 2. The fourth-order valence-electron chi connectivity index (χ4n) is 3.85. The quantitative estimate of drug-likeness (QED) is 0.800. The van der Waals surface area contributed by atoms with E-state index in [2.05, 4.69) is 16.7 Å². The van der Waals surface area contributed by atoms with Crippen molar-refractivity contribution >= 4 is 17.6 Å². The molecule has 1 heterocycles. The molecule has 154 valence electrons. The Morgan fingerprint density at radius 3 is 2.41 bits per heavy atom. The topological polar surface area (TPSA) is 61.4 Å². The van der Waals surface area contributed by atoms with Crippen molar-refractivity contribution in [3.8, 4) is 0 Å². The van der Waals surface area contributed by atoms with Crippen molar-refractivity contribution in [2.45, 2.75) is 47.1 Å². The van der Waals surface area contributed by atoms with Crippen LogP contribution in [0.25, 0.3) is 0 Å². The number of hydrogen-bond acceptors (Lipinski definition) is 2. The molecule has 29 heavy (non-hydrogen) atoms. The lowest BCUT2D eigenvalue weighted by Crippen LogP contribution is -2.52. The molecule has 1 unspecified atom stereocenters. The van der Waals surface area contributed by atoms with E-state index in [-0.39, 0.29) is 11.9 Å². The molecule has 2 aromatic rings. The van der Waals surface area contributed by atoms with Crippen LogP contribution in [0.4, 0.5) is 10.5 Å². The van der Waals surface area contributed by atoms with Gasteiger partial charge < -0.3 is 15.5 Å². The van der Waals surface area contributed by atoms with Crippen LogP contribution < -0.4 is 10.6 Å². The molecule has 5 nitrogen and oxygen atoms in total. The summed E-state index contributed by atoms with van der Waals surface area (Å²) in [5, 5.41) is 6.06. The van der Waals surface area contributed by atoms with E-state index in [0.717, 1.165) is 35.2 Å². The maximum absolute atomic E-state index is 12.9. The summed E-state index contributed by atoms with van der Waals surface area (Å²) in [6, 6.07) is 14.0. The summed E-state index contributed by atoms with van der Waals surface area (Å²) in [5.74, 6) is 0.00194. The smallest absolute Gasteiger partial charge is 0.321 e. The normalized spacial score (nSPS) is 19.0. The monoisotopic (exact) mass is 393 g/mol. The Balaban J connectivity index is 1.60. The predicted octanol–water partition coefficient (Wildman–Crippen LogP) is 4.56. The second-order valence-electron chi connectivity index (χ2n) is 8.50. The number of nitrogens with zero attached hydrogens (tertiary/aromatic N) is 1. The number of benzene rings is 2. The molecule has 3 rings (SSSR count). The second kappa shape index (κ2) is 8.68. The molecule has 1 fully saturated rings. The molecule has 1 aliphatic rings. The molecule has 0 radical (unpaired) electrons. The molecule has 2 aromatic carbocycles. The standard InChI is InChI=1S/C24H31N3O2/c1-17-6-9-20(10-7-17)15-25-22(28)24(4)12-5-13-27(16-24)23(29)26-21-11-8-18(2)14-19(21)3/h6-11,14H,5,12-13,15-16H2,1-4H3,(H,25,28)(H,26,29). The summed E-state index contributed by atoms with van der Waals surface area (Å²) < 4.78 is 0. The largest absolute Gasteiger partial charge is 0.351 e. The van der Waals surface area contributed by atoms with Crippen LogP contribution in [0.1, 0.15) is 42.0 Å². The number of anilines is 1. The molecule has 3 amide bonds. The zero-order chi connectivity index (χ0) is 21.0. The van der Waals surface area contributed by atoms with Gasteiger partial charge in [-0.1, -0.05) is 47.5 Å². The highest BCUT2D eigenvalue weighted by molar-refractivity contribution is 5.91. The van der Waals surface area contributed by atoms with Gasteiger partial charge in [0.25, 0.3) is 0 Å². The molecule has 0 spiro atoms. The van der Waals surface area contributed by atoms with Gasteiger partial charge >= 0.3 is 6.03 Å². The van der Waals surface area contributed by atoms with Gasteiger partial charge in [-0.25, -0.2) is 4.79 Å². The lowest BCUT2D eigenvalue weighted by Gasteiger charge is -2.39. The van der Waals surface area contributed by atoms with Crippen LogP contribution >= 0.6 is 0 Å². The van der Waals surface area contributed by atoms with E-state index in [9.17, 15) is 9.59 Å². The van der Waals surface area contributed by atoms with Gasteiger partial charge in [-0.3, -0.25) is 4.79 Å². The maximum Gasteiger partial charge on any atom is 0.321 e. The van der Waals surface area contributed by atoms with Gasteiger partial charge in [0.05, 0.1) is 5.41 Å². The number of piperidine rings is 1. The van der Waals surface area contributed by atoms with Crippen LogP contribution in [-0.2, 0) is 11.3 Å². The van der Waals surface area contributed by atoms with E-state index in [1.165, 1.54) is 5.56 Å². The summed E-state index contributed by atoms with van der Waals surface area (Å²) >= 11 is 0. The number of urea groups is 1. The Morgan fingerprint density at radius 1 is 1.03 bits per heavy atom. The third kappa shape index (κ3) is 5.17. The Morgan fingerprint density at radius 2 is 1.72 bits per heavy atom. The average molecular weight is 394 g/mol. The van der Waals surface area contributed by atoms with Crippen LogP contribution in [0.2, 0.25) is 0 Å². The van der Waals surface area contributed by atoms with E-state index in [1.54, 1.807) is 4.90 Å². The highest BCUT2D eigenvalue weighted by Gasteiger charge is 2.39. The van der Waals surface area contributed by atoms with Crippen LogP contribution in [-0.4, -0.2) is 29.9 Å². The summed E-state index contributed by atoms with van der Waals surface area (Å²) in [4.78, 5) is 27.5. The Kier molecular flexibility index (Phi) is 6.26. The minimum atomic E-state index is -0.581. The summed E-state index contributed by atoms with van der Waals surface area (Å²) in [7, 11) is 0. The highest BCUT2D eigenvalue weighted by atomic mass is 16.2. The molecule has 1 atom stereocenters. The number of rotatable bonds is 4. The van der Waals surface area contributed by atoms with Crippen LogP contribution in [0.15, 0.2) is 42.5 Å². The fraction of sp³-hybridized carbons (Fsp3) is 0.417. The minimum Gasteiger partial charge on any atom is -0.351 e. The number of carbonyl (C=O) groups is 2. The van der Waals surface area contributed by atoms with Crippen molar-refractivity contribution in [2.24, 2.45) is 5.41 Å². The molecular formula is C24H31N3O2. The third-order valence-electron chi connectivity index (χ3n) is 5.73. The number of aryl methyl sites for hydroxylation is 3. The number of carbonyl (C=O) groups excluding carboxylic acids is 2. The minimum absolute atomic E-state index is 0.00194. The van der Waals surface area contributed by atoms with Crippen LogP contribution in [0, 0.1) is 26.2 Å². The molecular weight excluding hydrogens is 362 g/mol. The zero-order valence-corrected chi connectivity index (χ0v) is 17.8. The van der Waals surface area contributed by atoms with Crippen molar-refractivity contribution in [2.75, 3.05) is 18.4 Å². The summed E-state index contributed by atoms with van der Waals surface area (Å²) in [6.45, 7) is 9.60. The number of nitrogens with one attached hydrogen (secondary N) is 2. The first-order chi connectivity index (χ1) is 13.8. The highest BCUT2D eigenvalue weighted by Crippen LogP contribution is 2.30. The van der Waals surface area contributed by atoms with Crippen molar-refractivity contribution in [1.82, 2.24) is 10.2 Å². The molecule has 2 N–H and O–H groups in total. The number of amides is 3. The van der Waals surface area contributed by atoms with Gasteiger partial charge in [0.1, 0.15) is 0 Å². The maximum atomic E-state index is 12.9. The second-order valence-corrected chi connectivity index (χ2v) is 8.50. The van der Waals surface area contributed by atoms with Gasteiger partial charge in [0.15, 0.2) is 0 Å². The van der Waals surface area contributed by atoms with Gasteiger partial charge in [0, 0.05) is 25.3 Å². The van der Waals surface area contributed by atoms with E-state index in [0.29, 0.717) is 19.6 Å². The Labute approximate surface area is 173 Å². The van der Waals surface area contributed by atoms with Crippen molar-refractivity contribution in [3.05, 3.63) is 64.7 Å². The predicted molar refractivity (Wildman–Crippen MR) is 117 cm³/mol. The molecule has 1 aliphatic heterocycles. The SMILES string of the molecule is Cc1ccc(CNC(=O)C2(C)CCCN(C(=O)Nc3ccc(C)cc3C)C2)cc1. The first kappa shape index (κ1) is 20.9. The van der Waals surface area contributed by atoms with Crippen molar-refractivity contribution in [1.29, 1.82) is 0 Å². The lowest BCUT2D eigenvalue weighted by atomic mass is 9.81. The Bertz CT molecular complexity index is 891. The molecule has 0 bridgehead atoms. The van der Waals surface area contributed by atoms with Gasteiger partial charge in [0.2, 0.25) is 5.91 Å². The summed E-state index contributed by atoms with van der Waals surface area (Å²) in [5.41, 5.74) is 4.71. The average Bonchev–Trinajstić information content (AvgIpc) is 2.69. The molecule has 5 heteroatoms. The molecule has 0 aliphatic carbocycles. The van der Waals surface area contributed by atoms with Crippen LogP contribution in [0.5, 0.6) is 0 Å². The van der Waals surface area contributed by atoms with Gasteiger partial charge in [-0.15, -0.1) is 0 Å². The molecule has 1 saturated heterocycles. The first-order valence-corrected chi connectivity index (χ1v) is 10.2. The fourth-order valence-corrected chi connectivity index (χ4v) is 3.85. The van der Waals surface area contributed by atoms with E-state index in [4.69, 9.17) is 0 Å². The lowest BCUT2D eigenvalue weighted by molar-refractivity contribution is -0.132. The summed E-state index contributed by atoms with van der Waals surface area (Å²) in [6.07, 6.45) is 1.59. The van der Waals surface area contributed by atoms with Crippen LogP contribution in [0.3, 0.4) is 0 Å². The molecule has 0 saturated carbocycles. The zero-order valence-electron chi connectivity index (χ0n) is 17.8. The van der Waals surface area contributed by atoms with Crippen molar-refractivity contribution in [3.63, 3.8) is 0 Å². The van der Waals surface area contributed by atoms with Crippen molar-refractivity contribution < 1.29 is 9.59 Å². The van der Waals surface area contributed by atoms with E-state index in [1.807, 2.05) is 64.1 Å². The van der Waals surface area contributed by atoms with Gasteiger partial charge in [-0.05, 0) is 57.7 Å². The Hall–Kier alpha value is -2.82. The first-order valence-electron chi connectivity index (χ1n) is 10.2. The van der Waals surface area contributed by atoms with E-state index >= 15 is 0 Å². The van der Waals surface area contributed by atoms with E-state index < -0.39 is 5.41 Å². The third-order valence-corrected chi connectivity index (χ3v) is 5.73. The molecule has 0 aromatic heterocycles.